The van der Waals surface area contributed by atoms with Crippen LogP contribution >= 0.6 is 15.9 Å². The highest BCUT2D eigenvalue weighted by atomic mass is 79.9. The monoisotopic (exact) mass is 325 g/mol. The normalized spacial score (nSPS) is 22.2. The number of anilines is 1. The number of aliphatic carboxylic acids is 1. The van der Waals surface area contributed by atoms with Crippen molar-refractivity contribution >= 4 is 33.5 Å². The van der Waals surface area contributed by atoms with E-state index in [-0.39, 0.29) is 5.91 Å². The molecule has 19 heavy (non-hydrogen) atoms. The standard InChI is InChI=1S/C14H16BrNO3/c1-8-5-9(15)7-10(6-8)16-13(17)11-3-2-4-12(11)14(18)19/h5-7,11-12H,2-4H2,1H3,(H,16,17)(H,18,19). The molecule has 1 saturated carbocycles. The lowest BCUT2D eigenvalue weighted by molar-refractivity contribution is -0.145. The first-order valence-electron chi connectivity index (χ1n) is 6.28. The van der Waals surface area contributed by atoms with Crippen LogP contribution in [0.15, 0.2) is 22.7 Å². The summed E-state index contributed by atoms with van der Waals surface area (Å²) in [5.41, 5.74) is 1.73. The van der Waals surface area contributed by atoms with Crippen LogP contribution in [0.2, 0.25) is 0 Å². The predicted octanol–water partition coefficient (Wildman–Crippen LogP) is 3.20. The minimum absolute atomic E-state index is 0.192. The molecule has 0 heterocycles. The van der Waals surface area contributed by atoms with Crippen LogP contribution in [0.5, 0.6) is 0 Å². The molecule has 0 saturated heterocycles. The van der Waals surface area contributed by atoms with Crippen LogP contribution in [0, 0.1) is 18.8 Å². The smallest absolute Gasteiger partial charge is 0.307 e. The molecule has 2 atom stereocenters. The van der Waals surface area contributed by atoms with E-state index >= 15 is 0 Å². The van der Waals surface area contributed by atoms with Gasteiger partial charge >= 0.3 is 5.97 Å². The number of amides is 1. The van der Waals surface area contributed by atoms with E-state index < -0.39 is 17.8 Å². The van der Waals surface area contributed by atoms with Crippen molar-refractivity contribution in [3.8, 4) is 0 Å². The van der Waals surface area contributed by atoms with Crippen molar-refractivity contribution < 1.29 is 14.7 Å². The van der Waals surface area contributed by atoms with Gasteiger partial charge in [-0.05, 0) is 43.5 Å². The highest BCUT2D eigenvalue weighted by Crippen LogP contribution is 2.33. The summed E-state index contributed by atoms with van der Waals surface area (Å²) in [5, 5.41) is 11.9. The largest absolute Gasteiger partial charge is 0.481 e. The molecular weight excluding hydrogens is 310 g/mol. The summed E-state index contributed by atoms with van der Waals surface area (Å²) in [7, 11) is 0. The summed E-state index contributed by atoms with van der Waals surface area (Å²) in [5.74, 6) is -2.03. The Morgan fingerprint density at radius 3 is 2.58 bits per heavy atom. The maximum absolute atomic E-state index is 12.2. The number of nitrogens with one attached hydrogen (secondary N) is 1. The SMILES string of the molecule is Cc1cc(Br)cc(NC(=O)C2CCCC2C(=O)O)c1. The Labute approximate surface area is 120 Å². The molecule has 1 aliphatic rings. The number of rotatable bonds is 3. The molecule has 2 rings (SSSR count). The van der Waals surface area contributed by atoms with Gasteiger partial charge in [0.15, 0.2) is 0 Å². The van der Waals surface area contributed by atoms with Crippen LogP contribution in [0.25, 0.3) is 0 Å². The minimum Gasteiger partial charge on any atom is -0.481 e. The molecular formula is C14H16BrNO3. The number of carbonyl (C=O) groups is 2. The van der Waals surface area contributed by atoms with Crippen molar-refractivity contribution in [2.75, 3.05) is 5.32 Å². The van der Waals surface area contributed by atoms with Gasteiger partial charge in [-0.3, -0.25) is 9.59 Å². The van der Waals surface area contributed by atoms with Crippen molar-refractivity contribution in [3.05, 3.63) is 28.2 Å². The van der Waals surface area contributed by atoms with Crippen molar-refractivity contribution in [2.45, 2.75) is 26.2 Å². The third-order valence-electron chi connectivity index (χ3n) is 3.48. The quantitative estimate of drug-likeness (QED) is 0.896. The Bertz CT molecular complexity index is 495. The third-order valence-corrected chi connectivity index (χ3v) is 3.94. The Kier molecular flexibility index (Phi) is 4.24. The molecule has 1 aliphatic carbocycles. The van der Waals surface area contributed by atoms with Crippen LogP contribution in [-0.4, -0.2) is 17.0 Å². The second kappa shape index (κ2) is 5.74. The number of halogens is 1. The lowest BCUT2D eigenvalue weighted by Gasteiger charge is -2.16. The van der Waals surface area contributed by atoms with Gasteiger partial charge in [-0.15, -0.1) is 0 Å². The number of carboxylic acid groups (broad SMARTS) is 1. The number of benzene rings is 1. The minimum atomic E-state index is -0.872. The van der Waals surface area contributed by atoms with Gasteiger partial charge < -0.3 is 10.4 Å². The molecule has 0 spiro atoms. The number of aryl methyl sites for hydroxylation is 1. The molecule has 1 fully saturated rings. The summed E-state index contributed by atoms with van der Waals surface area (Å²) in [6, 6.07) is 5.63. The zero-order valence-corrected chi connectivity index (χ0v) is 12.2. The third kappa shape index (κ3) is 3.35. The van der Waals surface area contributed by atoms with E-state index in [0.29, 0.717) is 18.5 Å². The van der Waals surface area contributed by atoms with Gasteiger partial charge in [0.05, 0.1) is 11.8 Å². The van der Waals surface area contributed by atoms with E-state index in [2.05, 4.69) is 21.2 Å². The molecule has 5 heteroatoms. The van der Waals surface area contributed by atoms with Crippen molar-refractivity contribution in [3.63, 3.8) is 0 Å². The highest BCUT2D eigenvalue weighted by molar-refractivity contribution is 9.10. The molecule has 4 nitrogen and oxygen atoms in total. The molecule has 2 N–H and O–H groups in total. The Morgan fingerprint density at radius 2 is 1.95 bits per heavy atom. The van der Waals surface area contributed by atoms with Crippen LogP contribution in [0.4, 0.5) is 5.69 Å². The molecule has 0 bridgehead atoms. The van der Waals surface area contributed by atoms with Gasteiger partial charge in [-0.1, -0.05) is 22.4 Å². The molecule has 1 aromatic carbocycles. The fraction of sp³-hybridized carbons (Fsp3) is 0.429. The van der Waals surface area contributed by atoms with Crippen LogP contribution < -0.4 is 5.32 Å². The molecule has 0 radical (unpaired) electrons. The van der Waals surface area contributed by atoms with E-state index in [9.17, 15) is 9.59 Å². The van der Waals surface area contributed by atoms with Crippen LogP contribution in [-0.2, 0) is 9.59 Å². The van der Waals surface area contributed by atoms with Crippen LogP contribution in [0.1, 0.15) is 24.8 Å². The number of hydrogen-bond donors (Lipinski definition) is 2. The fourth-order valence-electron chi connectivity index (χ4n) is 2.61. The first kappa shape index (κ1) is 14.1. The molecule has 0 aromatic heterocycles. The lowest BCUT2D eigenvalue weighted by Crippen LogP contribution is -2.30. The fourth-order valence-corrected chi connectivity index (χ4v) is 3.22. The van der Waals surface area contributed by atoms with E-state index in [1.165, 1.54) is 0 Å². The van der Waals surface area contributed by atoms with E-state index in [1.54, 1.807) is 0 Å². The second-order valence-electron chi connectivity index (χ2n) is 4.99. The van der Waals surface area contributed by atoms with Gasteiger partial charge in [0.1, 0.15) is 0 Å². The number of carbonyl (C=O) groups excluding carboxylic acids is 1. The van der Waals surface area contributed by atoms with E-state index in [0.717, 1.165) is 16.5 Å². The lowest BCUT2D eigenvalue weighted by atomic mass is 9.95. The van der Waals surface area contributed by atoms with E-state index in [1.807, 2.05) is 25.1 Å². The molecule has 2 unspecified atom stereocenters. The zero-order chi connectivity index (χ0) is 14.0. The van der Waals surface area contributed by atoms with Gasteiger partial charge in [0, 0.05) is 10.2 Å². The van der Waals surface area contributed by atoms with Gasteiger partial charge in [-0.2, -0.15) is 0 Å². The topological polar surface area (TPSA) is 66.4 Å². The predicted molar refractivity (Wildman–Crippen MR) is 76.0 cm³/mol. The number of carboxylic acids is 1. The molecule has 0 aliphatic heterocycles. The van der Waals surface area contributed by atoms with Crippen LogP contribution in [0.3, 0.4) is 0 Å². The van der Waals surface area contributed by atoms with E-state index in [4.69, 9.17) is 5.11 Å². The molecule has 1 amide bonds. The maximum Gasteiger partial charge on any atom is 0.307 e. The summed E-state index contributed by atoms with van der Waals surface area (Å²) in [6.07, 6.45) is 2.04. The number of hydrogen-bond acceptors (Lipinski definition) is 2. The average molecular weight is 326 g/mol. The molecule has 102 valence electrons. The first-order chi connectivity index (χ1) is 8.97. The summed E-state index contributed by atoms with van der Waals surface area (Å²) in [6.45, 7) is 1.94. The van der Waals surface area contributed by atoms with Gasteiger partial charge in [0.25, 0.3) is 0 Å². The van der Waals surface area contributed by atoms with Gasteiger partial charge in [0.2, 0.25) is 5.91 Å². The van der Waals surface area contributed by atoms with Crippen molar-refractivity contribution in [1.29, 1.82) is 0 Å². The second-order valence-corrected chi connectivity index (χ2v) is 5.90. The van der Waals surface area contributed by atoms with Gasteiger partial charge in [-0.25, -0.2) is 0 Å². The highest BCUT2D eigenvalue weighted by Gasteiger charge is 2.37. The van der Waals surface area contributed by atoms with Crippen molar-refractivity contribution in [1.82, 2.24) is 0 Å². The summed E-state index contributed by atoms with van der Waals surface area (Å²) < 4.78 is 0.893. The summed E-state index contributed by atoms with van der Waals surface area (Å²) >= 11 is 3.38. The maximum atomic E-state index is 12.2. The Hall–Kier alpha value is -1.36. The first-order valence-corrected chi connectivity index (χ1v) is 7.07. The average Bonchev–Trinajstić information content (AvgIpc) is 2.75. The Balaban J connectivity index is 2.10. The Morgan fingerprint density at radius 1 is 1.26 bits per heavy atom. The summed E-state index contributed by atoms with van der Waals surface area (Å²) in [4.78, 5) is 23.3. The molecule has 1 aromatic rings. The van der Waals surface area contributed by atoms with Crippen molar-refractivity contribution in [2.24, 2.45) is 11.8 Å². The zero-order valence-electron chi connectivity index (χ0n) is 10.6.